The van der Waals surface area contributed by atoms with E-state index in [2.05, 4.69) is 0 Å². The standard InChI is InChI=1S/C39H45O6S/c1-10-34(25(4)5)37(40)43-28-13-19-31(20-14-28)46(32-21-15-29(16-22-32)44-38(41)35(11-2)26(6)7)33-23-17-30(18-24-33)45-39(42)36(12-3)27(8)9/h13-24H,10-12H2,1-9H3/q+1. The zero-order valence-electron chi connectivity index (χ0n) is 28.4. The Morgan fingerprint density at radius 1 is 0.435 bits per heavy atom. The SMILES string of the molecule is CCC(C(=O)Oc1ccc([S+](c2ccc(OC(=O)C(CC)=C(C)C)cc2)c2ccc(OC(=O)C(CC)=C(C)C)cc2)cc1)=C(C)C. The minimum atomic E-state index is -0.580. The summed E-state index contributed by atoms with van der Waals surface area (Å²) in [7, 11) is -0.580. The van der Waals surface area contributed by atoms with Crippen molar-refractivity contribution >= 4 is 28.8 Å². The lowest BCUT2D eigenvalue weighted by molar-refractivity contribution is -0.131. The smallest absolute Gasteiger partial charge is 0.339 e. The van der Waals surface area contributed by atoms with Gasteiger partial charge < -0.3 is 14.2 Å². The molecule has 46 heavy (non-hydrogen) atoms. The Kier molecular flexibility index (Phi) is 13.2. The second-order valence-electron chi connectivity index (χ2n) is 11.4. The maximum absolute atomic E-state index is 12.7. The summed E-state index contributed by atoms with van der Waals surface area (Å²) in [6.45, 7) is 17.2. The minimum Gasteiger partial charge on any atom is -0.423 e. The third-order valence-corrected chi connectivity index (χ3v) is 9.65. The molecule has 0 heterocycles. The highest BCUT2D eigenvalue weighted by Gasteiger charge is 2.29. The molecule has 0 fully saturated rings. The van der Waals surface area contributed by atoms with Crippen molar-refractivity contribution in [2.24, 2.45) is 0 Å². The van der Waals surface area contributed by atoms with Crippen molar-refractivity contribution in [1.29, 1.82) is 0 Å². The highest BCUT2D eigenvalue weighted by molar-refractivity contribution is 7.97. The van der Waals surface area contributed by atoms with Gasteiger partial charge in [0, 0.05) is 16.7 Å². The van der Waals surface area contributed by atoms with E-state index in [-0.39, 0.29) is 17.9 Å². The van der Waals surface area contributed by atoms with Crippen LogP contribution < -0.4 is 14.2 Å². The molecule has 242 valence electrons. The molecule has 0 aliphatic heterocycles. The quantitative estimate of drug-likeness (QED) is 0.0848. The lowest BCUT2D eigenvalue weighted by Gasteiger charge is -2.12. The molecule has 3 aromatic rings. The van der Waals surface area contributed by atoms with Gasteiger partial charge in [-0.3, -0.25) is 0 Å². The Hall–Kier alpha value is -4.36. The third kappa shape index (κ3) is 9.33. The van der Waals surface area contributed by atoms with E-state index >= 15 is 0 Å². The number of hydrogen-bond donors (Lipinski definition) is 0. The number of carbonyl (C=O) groups is 3. The van der Waals surface area contributed by atoms with Crippen LogP contribution >= 0.6 is 0 Å². The van der Waals surface area contributed by atoms with Crippen LogP contribution in [-0.2, 0) is 25.3 Å². The number of rotatable bonds is 12. The van der Waals surface area contributed by atoms with E-state index in [9.17, 15) is 14.4 Å². The Labute approximate surface area is 276 Å². The predicted molar refractivity (Wildman–Crippen MR) is 184 cm³/mol. The number of carbonyl (C=O) groups excluding carboxylic acids is 3. The van der Waals surface area contributed by atoms with Crippen LogP contribution in [0, 0.1) is 0 Å². The fourth-order valence-corrected chi connectivity index (χ4v) is 6.99. The van der Waals surface area contributed by atoms with Crippen molar-refractivity contribution in [3.05, 3.63) is 106 Å². The molecule has 0 radical (unpaired) electrons. The Morgan fingerprint density at radius 3 is 0.826 bits per heavy atom. The van der Waals surface area contributed by atoms with Gasteiger partial charge in [0.25, 0.3) is 0 Å². The van der Waals surface area contributed by atoms with Crippen LogP contribution in [0.5, 0.6) is 17.2 Å². The second kappa shape index (κ2) is 16.8. The molecular formula is C39H45O6S+. The van der Waals surface area contributed by atoms with Gasteiger partial charge in [0.05, 0.1) is 10.9 Å². The molecule has 0 aliphatic carbocycles. The fraction of sp³-hybridized carbons (Fsp3) is 0.308. The van der Waals surface area contributed by atoms with Crippen LogP contribution in [0.15, 0.2) is 121 Å². The fourth-order valence-electron chi connectivity index (χ4n) is 4.95. The van der Waals surface area contributed by atoms with Crippen LogP contribution in [0.4, 0.5) is 0 Å². The van der Waals surface area contributed by atoms with Crippen LogP contribution in [0.25, 0.3) is 0 Å². The van der Waals surface area contributed by atoms with Crippen LogP contribution in [0.1, 0.15) is 81.6 Å². The molecule has 7 heteroatoms. The van der Waals surface area contributed by atoms with Crippen molar-refractivity contribution in [2.75, 3.05) is 0 Å². The van der Waals surface area contributed by atoms with Crippen molar-refractivity contribution in [3.63, 3.8) is 0 Å². The molecule has 0 amide bonds. The lowest BCUT2D eigenvalue weighted by atomic mass is 10.1. The molecule has 0 bridgehead atoms. The molecule has 0 N–H and O–H groups in total. The topological polar surface area (TPSA) is 78.9 Å². The number of benzene rings is 3. The summed E-state index contributed by atoms with van der Waals surface area (Å²) < 4.78 is 17.0. The van der Waals surface area contributed by atoms with Crippen molar-refractivity contribution in [2.45, 2.75) is 96.3 Å². The first-order chi connectivity index (χ1) is 21.9. The summed E-state index contributed by atoms with van der Waals surface area (Å²) in [6.07, 6.45) is 1.80. The van der Waals surface area contributed by atoms with Crippen LogP contribution in [0.2, 0.25) is 0 Å². The number of allylic oxidation sites excluding steroid dienone is 3. The molecular weight excluding hydrogens is 596 g/mol. The Morgan fingerprint density at radius 2 is 0.652 bits per heavy atom. The molecule has 0 spiro atoms. The van der Waals surface area contributed by atoms with Crippen LogP contribution in [-0.4, -0.2) is 17.9 Å². The van der Waals surface area contributed by atoms with Gasteiger partial charge in [-0.2, -0.15) is 0 Å². The van der Waals surface area contributed by atoms with E-state index in [4.69, 9.17) is 14.2 Å². The maximum atomic E-state index is 12.7. The molecule has 6 nitrogen and oxygen atoms in total. The normalized spacial score (nSPS) is 10.6. The summed E-state index contributed by atoms with van der Waals surface area (Å²) in [6, 6.07) is 22.5. The van der Waals surface area contributed by atoms with Crippen molar-refractivity contribution in [1.82, 2.24) is 0 Å². The maximum Gasteiger partial charge on any atom is 0.339 e. The first-order valence-electron chi connectivity index (χ1n) is 15.6. The Balaban J connectivity index is 1.97. The molecule has 3 rings (SSSR count). The van der Waals surface area contributed by atoms with Crippen LogP contribution in [0.3, 0.4) is 0 Å². The van der Waals surface area contributed by atoms with Gasteiger partial charge in [-0.15, -0.1) is 0 Å². The van der Waals surface area contributed by atoms with Gasteiger partial charge in [-0.1, -0.05) is 37.5 Å². The van der Waals surface area contributed by atoms with E-state index in [1.807, 2.05) is 98.7 Å². The van der Waals surface area contributed by atoms with Gasteiger partial charge in [-0.05, 0) is 134 Å². The van der Waals surface area contributed by atoms with Gasteiger partial charge in [0.15, 0.2) is 14.7 Å². The Bertz CT molecular complexity index is 1430. The lowest BCUT2D eigenvalue weighted by Crippen LogP contribution is -2.13. The summed E-state index contributed by atoms with van der Waals surface area (Å²) in [5, 5.41) is 0. The van der Waals surface area contributed by atoms with Crippen molar-refractivity contribution < 1.29 is 28.6 Å². The van der Waals surface area contributed by atoms with E-state index in [0.29, 0.717) is 53.2 Å². The van der Waals surface area contributed by atoms with E-state index in [1.54, 1.807) is 36.4 Å². The molecule has 0 saturated carbocycles. The summed E-state index contributed by atoms with van der Waals surface area (Å²) in [5.74, 6) is 0.359. The predicted octanol–water partition coefficient (Wildman–Crippen LogP) is 9.74. The monoisotopic (exact) mass is 641 g/mol. The largest absolute Gasteiger partial charge is 0.423 e. The highest BCUT2D eigenvalue weighted by atomic mass is 32.2. The third-order valence-electron chi connectivity index (χ3n) is 7.42. The van der Waals surface area contributed by atoms with Crippen molar-refractivity contribution in [3.8, 4) is 17.2 Å². The summed E-state index contributed by atoms with van der Waals surface area (Å²) in [5.41, 5.74) is 4.80. The molecule has 0 unspecified atom stereocenters. The molecule has 0 saturated heterocycles. The molecule has 0 atom stereocenters. The minimum absolute atomic E-state index is 0.344. The van der Waals surface area contributed by atoms with E-state index < -0.39 is 10.9 Å². The highest BCUT2D eigenvalue weighted by Crippen LogP contribution is 2.34. The molecule has 3 aromatic carbocycles. The van der Waals surface area contributed by atoms with E-state index in [0.717, 1.165) is 31.4 Å². The average molecular weight is 642 g/mol. The van der Waals surface area contributed by atoms with Gasteiger partial charge in [-0.25, -0.2) is 14.4 Å². The molecule has 0 aliphatic rings. The van der Waals surface area contributed by atoms with Gasteiger partial charge >= 0.3 is 17.9 Å². The van der Waals surface area contributed by atoms with E-state index in [1.165, 1.54) is 0 Å². The average Bonchev–Trinajstić information content (AvgIpc) is 3.00. The zero-order valence-corrected chi connectivity index (χ0v) is 29.2. The first kappa shape index (κ1) is 36.1. The first-order valence-corrected chi connectivity index (χ1v) is 16.8. The van der Waals surface area contributed by atoms with Gasteiger partial charge in [0.2, 0.25) is 0 Å². The number of esters is 3. The van der Waals surface area contributed by atoms with Gasteiger partial charge in [0.1, 0.15) is 17.2 Å². The summed E-state index contributed by atoms with van der Waals surface area (Å²) >= 11 is 0. The number of ether oxygens (including phenoxy) is 3. The summed E-state index contributed by atoms with van der Waals surface area (Å²) in [4.78, 5) is 41.1. The molecule has 0 aromatic heterocycles. The zero-order chi connectivity index (χ0) is 34.0. The second-order valence-corrected chi connectivity index (χ2v) is 13.4. The number of hydrogen-bond acceptors (Lipinski definition) is 6.